The zero-order chi connectivity index (χ0) is 14.0. The topological polar surface area (TPSA) is 72.8 Å². The van der Waals surface area contributed by atoms with E-state index in [0.717, 1.165) is 14.2 Å². The van der Waals surface area contributed by atoms with Crippen molar-refractivity contribution in [3.63, 3.8) is 0 Å². The first kappa shape index (κ1) is 13.8. The molecule has 18 heavy (non-hydrogen) atoms. The van der Waals surface area contributed by atoms with Gasteiger partial charge in [-0.05, 0) is 0 Å². The molecule has 0 unspecified atom stereocenters. The maximum Gasteiger partial charge on any atom is 0.341 e. The van der Waals surface area contributed by atoms with Gasteiger partial charge >= 0.3 is 11.9 Å². The lowest BCUT2D eigenvalue weighted by molar-refractivity contribution is 0.0572. The number of benzene rings is 1. The summed E-state index contributed by atoms with van der Waals surface area (Å²) in [7, 11) is 1.64. The van der Waals surface area contributed by atoms with Gasteiger partial charge in [0.1, 0.15) is 11.1 Å². The van der Waals surface area contributed by atoms with Crippen molar-refractivity contribution >= 4 is 11.9 Å². The number of carbonyl (C=O) groups is 2. The second kappa shape index (κ2) is 4.94. The summed E-state index contributed by atoms with van der Waals surface area (Å²) >= 11 is 0. The lowest BCUT2D eigenvalue weighted by Crippen LogP contribution is -2.17. The second-order valence-corrected chi connectivity index (χ2v) is 3.02. The van der Waals surface area contributed by atoms with E-state index >= 15 is 0 Å². The monoisotopic (exact) mass is 264 g/mol. The van der Waals surface area contributed by atoms with Gasteiger partial charge in [0.15, 0.2) is 17.4 Å². The van der Waals surface area contributed by atoms with E-state index in [-0.39, 0.29) is 0 Å². The van der Waals surface area contributed by atoms with E-state index in [0.29, 0.717) is 0 Å². The average molecular weight is 264 g/mol. The molecule has 0 aliphatic rings. The number of carboxylic acid groups (broad SMARTS) is 1. The minimum atomic E-state index is -1.95. The molecule has 0 atom stereocenters. The smallest absolute Gasteiger partial charge is 0.341 e. The molecule has 1 aromatic carbocycles. The Kier molecular flexibility index (Phi) is 3.79. The zero-order valence-corrected chi connectivity index (χ0v) is 9.21. The number of methoxy groups -OCH3 is 2. The predicted molar refractivity (Wildman–Crippen MR) is 51.2 cm³/mol. The molecule has 1 aromatic rings. The van der Waals surface area contributed by atoms with Crippen molar-refractivity contribution in [1.29, 1.82) is 0 Å². The number of carboxylic acids is 1. The van der Waals surface area contributed by atoms with Crippen molar-refractivity contribution in [2.75, 3.05) is 14.2 Å². The molecule has 0 saturated carbocycles. The fourth-order valence-electron chi connectivity index (χ4n) is 1.31. The highest BCUT2D eigenvalue weighted by atomic mass is 19.2. The van der Waals surface area contributed by atoms with Gasteiger partial charge in [0, 0.05) is 0 Å². The van der Waals surface area contributed by atoms with Crippen LogP contribution in [0.25, 0.3) is 0 Å². The van der Waals surface area contributed by atoms with Crippen molar-refractivity contribution in [3.05, 3.63) is 28.6 Å². The van der Waals surface area contributed by atoms with Crippen LogP contribution in [0.15, 0.2) is 0 Å². The summed E-state index contributed by atoms with van der Waals surface area (Å²) < 4.78 is 48.7. The summed E-state index contributed by atoms with van der Waals surface area (Å²) in [6.45, 7) is 0. The van der Waals surface area contributed by atoms with E-state index in [1.807, 2.05) is 0 Å². The van der Waals surface area contributed by atoms with Crippen LogP contribution in [0, 0.1) is 17.5 Å². The maximum atomic E-state index is 13.6. The summed E-state index contributed by atoms with van der Waals surface area (Å²) in [4.78, 5) is 22.0. The number of rotatable bonds is 3. The van der Waals surface area contributed by atoms with Crippen LogP contribution in [0.5, 0.6) is 5.75 Å². The fourth-order valence-corrected chi connectivity index (χ4v) is 1.31. The molecular formula is C10H7F3O5. The number of hydrogen-bond acceptors (Lipinski definition) is 4. The number of hydrogen-bond donors (Lipinski definition) is 1. The van der Waals surface area contributed by atoms with Crippen LogP contribution in [-0.4, -0.2) is 31.3 Å². The van der Waals surface area contributed by atoms with Gasteiger partial charge in [-0.1, -0.05) is 0 Å². The number of esters is 1. The van der Waals surface area contributed by atoms with Gasteiger partial charge < -0.3 is 14.6 Å². The third-order valence-electron chi connectivity index (χ3n) is 2.09. The van der Waals surface area contributed by atoms with Crippen LogP contribution in [-0.2, 0) is 4.74 Å². The molecule has 0 heterocycles. The van der Waals surface area contributed by atoms with Crippen LogP contribution >= 0.6 is 0 Å². The second-order valence-electron chi connectivity index (χ2n) is 3.02. The molecular weight excluding hydrogens is 257 g/mol. The molecule has 0 spiro atoms. The largest absolute Gasteiger partial charge is 0.491 e. The molecule has 0 fully saturated rings. The predicted octanol–water partition coefficient (Wildman–Crippen LogP) is 1.60. The number of ether oxygens (including phenoxy) is 2. The van der Waals surface area contributed by atoms with E-state index in [2.05, 4.69) is 9.47 Å². The van der Waals surface area contributed by atoms with Crippen LogP contribution in [0.1, 0.15) is 20.7 Å². The van der Waals surface area contributed by atoms with Gasteiger partial charge in [0.05, 0.1) is 14.2 Å². The molecule has 8 heteroatoms. The summed E-state index contributed by atoms with van der Waals surface area (Å²) in [6.07, 6.45) is 0. The molecule has 0 radical (unpaired) electrons. The van der Waals surface area contributed by atoms with Crippen molar-refractivity contribution in [2.24, 2.45) is 0 Å². The number of carbonyl (C=O) groups excluding carboxylic acids is 1. The average Bonchev–Trinajstić information content (AvgIpc) is 2.32. The Morgan fingerprint density at radius 3 is 1.94 bits per heavy atom. The Morgan fingerprint density at radius 2 is 1.56 bits per heavy atom. The van der Waals surface area contributed by atoms with Crippen LogP contribution in [0.3, 0.4) is 0 Å². The molecule has 98 valence electrons. The van der Waals surface area contributed by atoms with Crippen LogP contribution in [0.4, 0.5) is 13.2 Å². The third kappa shape index (κ3) is 1.96. The lowest BCUT2D eigenvalue weighted by Gasteiger charge is -2.11. The molecule has 0 amide bonds. The van der Waals surface area contributed by atoms with Gasteiger partial charge in [-0.25, -0.2) is 18.4 Å². The SMILES string of the molecule is COC(=O)c1c(F)c(F)c(OC)c(F)c1C(=O)O. The van der Waals surface area contributed by atoms with Crippen LogP contribution in [0.2, 0.25) is 0 Å². The Bertz CT molecular complexity index is 527. The van der Waals surface area contributed by atoms with Crippen molar-refractivity contribution in [3.8, 4) is 5.75 Å². The van der Waals surface area contributed by atoms with Gasteiger partial charge in [-0.2, -0.15) is 4.39 Å². The highest BCUT2D eigenvalue weighted by Gasteiger charge is 2.33. The van der Waals surface area contributed by atoms with Crippen molar-refractivity contribution < 1.29 is 37.3 Å². The maximum absolute atomic E-state index is 13.6. The first-order chi connectivity index (χ1) is 8.36. The molecule has 0 aliphatic heterocycles. The summed E-state index contributed by atoms with van der Waals surface area (Å²) in [5.41, 5.74) is -2.68. The Labute approximate surface area is 98.7 Å². The Morgan fingerprint density at radius 1 is 1.00 bits per heavy atom. The standard InChI is InChI=1S/C10H7F3O5/c1-17-8-6(12)3(9(14)15)4(10(16)18-2)5(11)7(8)13/h1-2H3,(H,14,15). The number of halogens is 3. The molecule has 0 bridgehead atoms. The van der Waals surface area contributed by atoms with E-state index in [1.165, 1.54) is 0 Å². The van der Waals surface area contributed by atoms with Gasteiger partial charge in [-0.3, -0.25) is 0 Å². The minimum absolute atomic E-state index is 0.813. The zero-order valence-electron chi connectivity index (χ0n) is 9.21. The minimum Gasteiger partial charge on any atom is -0.491 e. The molecule has 0 saturated heterocycles. The Hall–Kier alpha value is -2.25. The first-order valence-corrected chi connectivity index (χ1v) is 4.42. The summed E-state index contributed by atoms with van der Waals surface area (Å²) in [5.74, 6) is -10.0. The normalized spacial score (nSPS) is 10.1. The van der Waals surface area contributed by atoms with E-state index in [1.54, 1.807) is 0 Å². The molecule has 0 aromatic heterocycles. The van der Waals surface area contributed by atoms with Gasteiger partial charge in [0.25, 0.3) is 0 Å². The first-order valence-electron chi connectivity index (χ1n) is 4.42. The van der Waals surface area contributed by atoms with E-state index in [4.69, 9.17) is 5.11 Å². The molecule has 1 N–H and O–H groups in total. The number of aromatic carboxylic acids is 1. The highest BCUT2D eigenvalue weighted by Crippen LogP contribution is 2.31. The van der Waals surface area contributed by atoms with Crippen LogP contribution < -0.4 is 4.74 Å². The lowest BCUT2D eigenvalue weighted by atomic mass is 10.0. The third-order valence-corrected chi connectivity index (χ3v) is 2.09. The molecule has 0 aliphatic carbocycles. The quantitative estimate of drug-likeness (QED) is 0.663. The fraction of sp³-hybridized carbons (Fsp3) is 0.200. The Balaban J connectivity index is 3.80. The van der Waals surface area contributed by atoms with Crippen molar-refractivity contribution in [2.45, 2.75) is 0 Å². The van der Waals surface area contributed by atoms with Crippen molar-refractivity contribution in [1.82, 2.24) is 0 Å². The molecule has 1 rings (SSSR count). The highest BCUT2D eigenvalue weighted by molar-refractivity contribution is 6.03. The molecule has 5 nitrogen and oxygen atoms in total. The van der Waals surface area contributed by atoms with E-state index < -0.39 is 46.3 Å². The summed E-state index contributed by atoms with van der Waals surface area (Å²) in [6, 6.07) is 0. The van der Waals surface area contributed by atoms with Gasteiger partial charge in [-0.15, -0.1) is 0 Å². The van der Waals surface area contributed by atoms with E-state index in [9.17, 15) is 22.8 Å². The summed E-state index contributed by atoms with van der Waals surface area (Å²) in [5, 5.41) is 8.73. The van der Waals surface area contributed by atoms with Gasteiger partial charge in [0.2, 0.25) is 5.82 Å².